The van der Waals surface area contributed by atoms with Crippen LogP contribution in [-0.2, 0) is 26.0 Å². The molecule has 0 aliphatic heterocycles. The second-order valence-corrected chi connectivity index (χ2v) is 8.53. The van der Waals surface area contributed by atoms with E-state index in [1.165, 1.54) is 17.7 Å². The van der Waals surface area contributed by atoms with Crippen molar-refractivity contribution in [3.05, 3.63) is 59.7 Å². The van der Waals surface area contributed by atoms with Gasteiger partial charge in [-0.1, -0.05) is 43.2 Å². The first-order chi connectivity index (χ1) is 13.8. The number of anilines is 1. The van der Waals surface area contributed by atoms with Crippen molar-refractivity contribution in [2.75, 3.05) is 18.4 Å². The molecular weight excluding hydrogens is 390 g/mol. The Kier molecular flexibility index (Phi) is 8.35. The minimum atomic E-state index is -3.78. The molecule has 0 heterocycles. The lowest BCUT2D eigenvalue weighted by Gasteiger charge is -2.09. The summed E-state index contributed by atoms with van der Waals surface area (Å²) in [6, 6.07) is 13.9. The fourth-order valence-electron chi connectivity index (χ4n) is 2.54. The molecule has 2 rings (SSSR count). The fourth-order valence-corrected chi connectivity index (χ4v) is 3.53. The van der Waals surface area contributed by atoms with Crippen LogP contribution in [0.25, 0.3) is 0 Å². The Hall–Kier alpha value is -2.71. The Morgan fingerprint density at radius 2 is 1.55 bits per heavy atom. The fraction of sp³-hybridized carbons (Fsp3) is 0.333. The summed E-state index contributed by atoms with van der Waals surface area (Å²) in [7, 11) is -3.78. The highest BCUT2D eigenvalue weighted by atomic mass is 32.2. The minimum absolute atomic E-state index is 0.0797. The molecule has 0 aliphatic carbocycles. The number of unbranched alkanes of at least 4 members (excludes halogenated alkanes) is 1. The van der Waals surface area contributed by atoms with Crippen LogP contribution in [0, 0.1) is 6.92 Å². The van der Waals surface area contributed by atoms with E-state index in [1.807, 2.05) is 31.2 Å². The van der Waals surface area contributed by atoms with Crippen molar-refractivity contribution in [2.45, 2.75) is 38.0 Å². The Morgan fingerprint density at radius 3 is 2.17 bits per heavy atom. The molecule has 0 atom stereocenters. The quantitative estimate of drug-likeness (QED) is 0.552. The first-order valence-corrected chi connectivity index (χ1v) is 11.0. The average Bonchev–Trinajstić information content (AvgIpc) is 2.70. The molecule has 156 valence electrons. The first kappa shape index (κ1) is 22.6. The van der Waals surface area contributed by atoms with Gasteiger partial charge in [-0.2, -0.15) is 0 Å². The zero-order valence-corrected chi connectivity index (χ0v) is 17.5. The normalized spacial score (nSPS) is 11.1. The van der Waals surface area contributed by atoms with Crippen molar-refractivity contribution in [3.63, 3.8) is 0 Å². The maximum atomic E-state index is 12.2. The van der Waals surface area contributed by atoms with Crippen molar-refractivity contribution >= 4 is 27.5 Å². The van der Waals surface area contributed by atoms with Gasteiger partial charge in [-0.25, -0.2) is 13.1 Å². The Bertz CT molecular complexity index is 923. The highest BCUT2D eigenvalue weighted by Gasteiger charge is 2.15. The number of nitrogens with one attached hydrogen (secondary N) is 3. The summed E-state index contributed by atoms with van der Waals surface area (Å²) >= 11 is 0. The van der Waals surface area contributed by atoms with Crippen molar-refractivity contribution in [1.29, 1.82) is 0 Å². The average molecular weight is 418 g/mol. The Balaban J connectivity index is 1.75. The molecule has 0 unspecified atom stereocenters. The first-order valence-electron chi connectivity index (χ1n) is 9.52. The second kappa shape index (κ2) is 10.7. The zero-order chi connectivity index (χ0) is 21.3. The summed E-state index contributed by atoms with van der Waals surface area (Å²) in [6.45, 7) is 3.29. The number of rotatable bonds is 10. The molecule has 8 heteroatoms. The minimum Gasteiger partial charge on any atom is -0.346 e. The van der Waals surface area contributed by atoms with Crippen LogP contribution in [0.1, 0.15) is 30.9 Å². The highest BCUT2D eigenvalue weighted by molar-refractivity contribution is 7.89. The third-order valence-electron chi connectivity index (χ3n) is 4.26. The van der Waals surface area contributed by atoms with Gasteiger partial charge in [-0.15, -0.1) is 0 Å². The molecule has 0 saturated carbocycles. The van der Waals surface area contributed by atoms with Gasteiger partial charge in [0.1, 0.15) is 0 Å². The standard InChI is InChI=1S/C21H27N3O4S/c1-3-4-5-17-8-10-18(11-9-17)24-21(26)14-22-20(25)15-23-29(27,28)19-12-6-16(2)7-13-19/h6-13,23H,3-5,14-15H2,1-2H3,(H,22,25)(H,24,26). The number of benzene rings is 2. The third-order valence-corrected chi connectivity index (χ3v) is 5.67. The van der Waals surface area contributed by atoms with Gasteiger partial charge in [0.05, 0.1) is 18.0 Å². The molecule has 0 fully saturated rings. The number of carbonyl (C=O) groups is 2. The van der Waals surface area contributed by atoms with Crippen molar-refractivity contribution in [3.8, 4) is 0 Å². The van der Waals surface area contributed by atoms with Gasteiger partial charge in [0.25, 0.3) is 0 Å². The molecule has 29 heavy (non-hydrogen) atoms. The SMILES string of the molecule is CCCCc1ccc(NC(=O)CNC(=O)CNS(=O)(=O)c2ccc(C)cc2)cc1. The second-order valence-electron chi connectivity index (χ2n) is 6.76. The highest BCUT2D eigenvalue weighted by Crippen LogP contribution is 2.12. The molecule has 0 spiro atoms. The molecule has 3 N–H and O–H groups in total. The van der Waals surface area contributed by atoms with Crippen molar-refractivity contribution in [2.24, 2.45) is 0 Å². The molecule has 0 aromatic heterocycles. The molecule has 0 bridgehead atoms. The summed E-state index contributed by atoms with van der Waals surface area (Å²) in [5.74, 6) is -0.980. The summed E-state index contributed by atoms with van der Waals surface area (Å²) < 4.78 is 26.5. The summed E-state index contributed by atoms with van der Waals surface area (Å²) in [5, 5.41) is 5.09. The van der Waals surface area contributed by atoms with Crippen molar-refractivity contribution < 1.29 is 18.0 Å². The lowest BCUT2D eigenvalue weighted by Crippen LogP contribution is -2.40. The number of hydrogen-bond acceptors (Lipinski definition) is 4. The van der Waals surface area contributed by atoms with Crippen LogP contribution in [0.2, 0.25) is 0 Å². The van der Waals surface area contributed by atoms with Crippen LogP contribution in [0.4, 0.5) is 5.69 Å². The van der Waals surface area contributed by atoms with Crippen LogP contribution in [0.3, 0.4) is 0 Å². The maximum absolute atomic E-state index is 12.2. The van der Waals surface area contributed by atoms with E-state index in [0.29, 0.717) is 5.69 Å². The van der Waals surface area contributed by atoms with E-state index in [2.05, 4.69) is 22.3 Å². The summed E-state index contributed by atoms with van der Waals surface area (Å²) in [6.07, 6.45) is 3.24. The molecule has 2 amide bonds. The Morgan fingerprint density at radius 1 is 0.897 bits per heavy atom. The molecular formula is C21H27N3O4S. The smallest absolute Gasteiger partial charge is 0.243 e. The molecule has 7 nitrogen and oxygen atoms in total. The summed E-state index contributed by atoms with van der Waals surface area (Å²) in [4.78, 5) is 23.9. The predicted octanol–water partition coefficient (Wildman–Crippen LogP) is 2.37. The van der Waals surface area contributed by atoms with Crippen LogP contribution in [0.15, 0.2) is 53.4 Å². The van der Waals surface area contributed by atoms with E-state index in [0.717, 1.165) is 24.8 Å². The molecule has 2 aromatic carbocycles. The Labute approximate surface area is 172 Å². The molecule has 0 radical (unpaired) electrons. The van der Waals surface area contributed by atoms with E-state index in [1.54, 1.807) is 12.1 Å². The lowest BCUT2D eigenvalue weighted by atomic mass is 10.1. The van der Waals surface area contributed by atoms with Crippen LogP contribution < -0.4 is 15.4 Å². The number of sulfonamides is 1. The van der Waals surface area contributed by atoms with Gasteiger partial charge in [0.15, 0.2) is 0 Å². The van der Waals surface area contributed by atoms with Gasteiger partial charge in [0.2, 0.25) is 21.8 Å². The summed E-state index contributed by atoms with van der Waals surface area (Å²) in [5.41, 5.74) is 2.78. The van der Waals surface area contributed by atoms with Gasteiger partial charge < -0.3 is 10.6 Å². The van der Waals surface area contributed by atoms with Gasteiger partial charge in [-0.05, 0) is 49.6 Å². The molecule has 2 aromatic rings. The van der Waals surface area contributed by atoms with Crippen molar-refractivity contribution in [1.82, 2.24) is 10.0 Å². The number of carbonyl (C=O) groups excluding carboxylic acids is 2. The van der Waals surface area contributed by atoms with Crippen LogP contribution in [0.5, 0.6) is 0 Å². The number of amides is 2. The van der Waals surface area contributed by atoms with Gasteiger partial charge in [-0.3, -0.25) is 9.59 Å². The predicted molar refractivity (Wildman–Crippen MR) is 113 cm³/mol. The van der Waals surface area contributed by atoms with E-state index < -0.39 is 22.5 Å². The van der Waals surface area contributed by atoms with Crippen LogP contribution in [-0.4, -0.2) is 33.3 Å². The number of aryl methyl sites for hydroxylation is 2. The van der Waals surface area contributed by atoms with E-state index in [4.69, 9.17) is 0 Å². The topological polar surface area (TPSA) is 104 Å². The monoisotopic (exact) mass is 417 g/mol. The van der Waals surface area contributed by atoms with Crippen LogP contribution >= 0.6 is 0 Å². The zero-order valence-electron chi connectivity index (χ0n) is 16.7. The van der Waals surface area contributed by atoms with Gasteiger partial charge in [0, 0.05) is 5.69 Å². The van der Waals surface area contributed by atoms with E-state index >= 15 is 0 Å². The maximum Gasteiger partial charge on any atom is 0.243 e. The third kappa shape index (κ3) is 7.67. The molecule has 0 saturated heterocycles. The lowest BCUT2D eigenvalue weighted by molar-refractivity contribution is -0.123. The number of hydrogen-bond donors (Lipinski definition) is 3. The molecule has 0 aliphatic rings. The van der Waals surface area contributed by atoms with Gasteiger partial charge >= 0.3 is 0 Å². The largest absolute Gasteiger partial charge is 0.346 e. The van der Waals surface area contributed by atoms with E-state index in [9.17, 15) is 18.0 Å². The van der Waals surface area contributed by atoms with E-state index in [-0.39, 0.29) is 17.3 Å².